The Kier molecular flexibility index (Phi) is 5.83. The molecule has 0 aromatic carbocycles. The number of amides is 1. The number of sulfonamides is 1. The van der Waals surface area contributed by atoms with Gasteiger partial charge in [0.2, 0.25) is 15.9 Å². The summed E-state index contributed by atoms with van der Waals surface area (Å²) in [5.41, 5.74) is 0. The van der Waals surface area contributed by atoms with Crippen molar-refractivity contribution in [3.8, 4) is 0 Å². The molecule has 23 heavy (non-hydrogen) atoms. The van der Waals surface area contributed by atoms with Gasteiger partial charge in [-0.1, -0.05) is 0 Å². The number of carbonyl (C=O) groups is 1. The lowest BCUT2D eigenvalue weighted by atomic mass is 10.4. The number of hydrogen-bond acceptors (Lipinski definition) is 5. The van der Waals surface area contributed by atoms with Gasteiger partial charge >= 0.3 is 0 Å². The predicted molar refractivity (Wildman–Crippen MR) is 83.9 cm³/mol. The Morgan fingerprint density at radius 2 is 2.17 bits per heavy atom. The van der Waals surface area contributed by atoms with Crippen molar-refractivity contribution in [2.24, 2.45) is 0 Å². The Hall–Kier alpha value is -2.26. The Morgan fingerprint density at radius 1 is 1.35 bits per heavy atom. The van der Waals surface area contributed by atoms with Crippen molar-refractivity contribution in [3.63, 3.8) is 0 Å². The number of aromatic nitrogens is 3. The summed E-state index contributed by atoms with van der Waals surface area (Å²) in [5.74, 6) is -0.342. The van der Waals surface area contributed by atoms with E-state index in [0.717, 1.165) is 17.3 Å². The van der Waals surface area contributed by atoms with Crippen molar-refractivity contribution in [1.29, 1.82) is 0 Å². The van der Waals surface area contributed by atoms with E-state index in [9.17, 15) is 13.2 Å². The highest BCUT2D eigenvalue weighted by molar-refractivity contribution is 7.89. The molecule has 2 aromatic heterocycles. The third kappa shape index (κ3) is 4.86. The molecule has 124 valence electrons. The maximum atomic E-state index is 12.2. The minimum Gasteiger partial charge on any atom is -0.355 e. The average Bonchev–Trinajstić information content (AvgIpc) is 3.05. The number of pyridine rings is 1. The lowest BCUT2D eigenvalue weighted by molar-refractivity contribution is -0.121. The Balaban J connectivity index is 1.78. The molecule has 0 bridgehead atoms. The van der Waals surface area contributed by atoms with E-state index in [0.29, 0.717) is 6.54 Å². The second-order valence-electron chi connectivity index (χ2n) is 4.95. The summed E-state index contributed by atoms with van der Waals surface area (Å²) in [6.45, 7) is 0.976. The van der Waals surface area contributed by atoms with E-state index in [1.807, 2.05) is 10.8 Å². The molecule has 2 heterocycles. The third-order valence-electron chi connectivity index (χ3n) is 3.18. The Labute approximate surface area is 135 Å². The van der Waals surface area contributed by atoms with Gasteiger partial charge in [0.1, 0.15) is 4.90 Å². The van der Waals surface area contributed by atoms with Crippen LogP contribution in [0.4, 0.5) is 0 Å². The van der Waals surface area contributed by atoms with Crippen LogP contribution in [0.1, 0.15) is 6.42 Å². The van der Waals surface area contributed by atoms with Crippen LogP contribution < -0.4 is 5.32 Å². The fourth-order valence-corrected chi connectivity index (χ4v) is 3.02. The zero-order valence-electron chi connectivity index (χ0n) is 12.8. The number of carbonyl (C=O) groups excluding carboxylic acids is 1. The van der Waals surface area contributed by atoms with Crippen molar-refractivity contribution < 1.29 is 13.2 Å². The number of imidazole rings is 1. The standard InChI is InChI=1S/C14H19N5O3S/c1-18(23(21,22)13-4-2-5-15-10-13)11-14(20)17-6-3-8-19-9-7-16-12-19/h2,4-5,7,9-10,12H,3,6,8,11H2,1H3,(H,17,20). The SMILES string of the molecule is CN(CC(=O)NCCCn1ccnc1)S(=O)(=O)c1cccnc1. The highest BCUT2D eigenvalue weighted by atomic mass is 32.2. The molecule has 0 aliphatic rings. The quantitative estimate of drug-likeness (QED) is 0.689. The van der Waals surface area contributed by atoms with Gasteiger partial charge in [0.15, 0.2) is 0 Å². The molecule has 0 fully saturated rings. The van der Waals surface area contributed by atoms with Crippen LogP contribution >= 0.6 is 0 Å². The molecule has 0 saturated heterocycles. The van der Waals surface area contributed by atoms with Crippen molar-refractivity contribution in [1.82, 2.24) is 24.2 Å². The monoisotopic (exact) mass is 337 g/mol. The van der Waals surface area contributed by atoms with Crippen LogP contribution in [-0.4, -0.2) is 53.3 Å². The van der Waals surface area contributed by atoms with Crippen LogP contribution in [0, 0.1) is 0 Å². The maximum Gasteiger partial charge on any atom is 0.244 e. The summed E-state index contributed by atoms with van der Waals surface area (Å²) in [5, 5.41) is 2.71. The number of rotatable bonds is 8. The minimum atomic E-state index is -3.70. The second kappa shape index (κ2) is 7.84. The van der Waals surface area contributed by atoms with E-state index in [1.165, 1.54) is 31.6 Å². The van der Waals surface area contributed by atoms with Crippen LogP contribution in [0.15, 0.2) is 48.1 Å². The topological polar surface area (TPSA) is 97.2 Å². The van der Waals surface area contributed by atoms with Crippen molar-refractivity contribution >= 4 is 15.9 Å². The largest absolute Gasteiger partial charge is 0.355 e. The summed E-state index contributed by atoms with van der Waals surface area (Å²) < 4.78 is 27.4. The second-order valence-corrected chi connectivity index (χ2v) is 7.00. The zero-order chi connectivity index (χ0) is 16.7. The third-order valence-corrected chi connectivity index (χ3v) is 4.97. The van der Waals surface area contributed by atoms with Crippen LogP contribution in [-0.2, 0) is 21.4 Å². The molecule has 0 spiro atoms. The number of aryl methyl sites for hydroxylation is 1. The molecule has 0 aliphatic heterocycles. The first kappa shape index (κ1) is 17.1. The molecule has 1 N–H and O–H groups in total. The number of nitrogens with one attached hydrogen (secondary N) is 1. The van der Waals surface area contributed by atoms with Gasteiger partial charge in [-0.2, -0.15) is 4.31 Å². The van der Waals surface area contributed by atoms with Crippen molar-refractivity contribution in [3.05, 3.63) is 43.2 Å². The van der Waals surface area contributed by atoms with Gasteiger partial charge in [0.05, 0.1) is 12.9 Å². The van der Waals surface area contributed by atoms with Gasteiger partial charge in [0, 0.05) is 44.9 Å². The fraction of sp³-hybridized carbons (Fsp3) is 0.357. The Morgan fingerprint density at radius 3 is 2.83 bits per heavy atom. The fourth-order valence-electron chi connectivity index (χ4n) is 1.93. The number of hydrogen-bond donors (Lipinski definition) is 1. The molecule has 0 aliphatic carbocycles. The molecule has 0 unspecified atom stereocenters. The van der Waals surface area contributed by atoms with Crippen LogP contribution in [0.2, 0.25) is 0 Å². The summed E-state index contributed by atoms with van der Waals surface area (Å²) in [6.07, 6.45) is 8.73. The zero-order valence-corrected chi connectivity index (χ0v) is 13.6. The normalized spacial score (nSPS) is 11.6. The molecular weight excluding hydrogens is 318 g/mol. The molecule has 0 saturated carbocycles. The molecule has 2 aromatic rings. The van der Waals surface area contributed by atoms with Crippen molar-refractivity contribution in [2.45, 2.75) is 17.9 Å². The predicted octanol–water partition coefficient (Wildman–Crippen LogP) is 0.105. The molecular formula is C14H19N5O3S. The molecule has 0 atom stereocenters. The summed E-state index contributed by atoms with van der Waals surface area (Å²) in [7, 11) is -2.33. The first-order valence-electron chi connectivity index (χ1n) is 7.09. The van der Waals surface area contributed by atoms with E-state index in [2.05, 4.69) is 15.3 Å². The van der Waals surface area contributed by atoms with Crippen LogP contribution in [0.3, 0.4) is 0 Å². The highest BCUT2D eigenvalue weighted by Crippen LogP contribution is 2.11. The average molecular weight is 337 g/mol. The van der Waals surface area contributed by atoms with Gasteiger partial charge in [0.25, 0.3) is 0 Å². The molecule has 0 radical (unpaired) electrons. The van der Waals surface area contributed by atoms with E-state index in [1.54, 1.807) is 12.5 Å². The summed E-state index contributed by atoms with van der Waals surface area (Å²) in [6, 6.07) is 2.98. The van der Waals surface area contributed by atoms with Crippen LogP contribution in [0.25, 0.3) is 0 Å². The summed E-state index contributed by atoms with van der Waals surface area (Å²) >= 11 is 0. The maximum absolute atomic E-state index is 12.2. The van der Waals surface area contributed by atoms with Crippen LogP contribution in [0.5, 0.6) is 0 Å². The molecule has 9 heteroatoms. The molecule has 1 amide bonds. The van der Waals surface area contributed by atoms with E-state index < -0.39 is 10.0 Å². The van der Waals surface area contributed by atoms with E-state index in [4.69, 9.17) is 0 Å². The molecule has 2 rings (SSSR count). The Bertz CT molecular complexity index is 716. The van der Waals surface area contributed by atoms with Crippen molar-refractivity contribution in [2.75, 3.05) is 20.1 Å². The lowest BCUT2D eigenvalue weighted by Gasteiger charge is -2.16. The van der Waals surface area contributed by atoms with Gasteiger partial charge < -0.3 is 9.88 Å². The van der Waals surface area contributed by atoms with E-state index in [-0.39, 0.29) is 17.3 Å². The van der Waals surface area contributed by atoms with Gasteiger partial charge in [-0.25, -0.2) is 13.4 Å². The first-order chi connectivity index (χ1) is 11.0. The van der Waals surface area contributed by atoms with Gasteiger partial charge in [-0.15, -0.1) is 0 Å². The number of likely N-dealkylation sites (N-methyl/N-ethyl adjacent to an activating group) is 1. The number of nitrogens with zero attached hydrogens (tertiary/aromatic N) is 4. The lowest BCUT2D eigenvalue weighted by Crippen LogP contribution is -2.38. The smallest absolute Gasteiger partial charge is 0.244 e. The highest BCUT2D eigenvalue weighted by Gasteiger charge is 2.22. The minimum absolute atomic E-state index is 0.0652. The van der Waals surface area contributed by atoms with Gasteiger partial charge in [-0.05, 0) is 18.6 Å². The van der Waals surface area contributed by atoms with E-state index >= 15 is 0 Å². The summed E-state index contributed by atoms with van der Waals surface area (Å²) in [4.78, 5) is 19.6. The molecule has 8 nitrogen and oxygen atoms in total. The first-order valence-corrected chi connectivity index (χ1v) is 8.53. The van der Waals surface area contributed by atoms with Gasteiger partial charge in [-0.3, -0.25) is 9.78 Å².